The molecule has 0 spiro atoms. The molecule has 6 heteroatoms. The molecule has 0 saturated carbocycles. The van der Waals surface area contributed by atoms with Gasteiger partial charge in [0.2, 0.25) is 0 Å². The van der Waals surface area contributed by atoms with Gasteiger partial charge in [-0.25, -0.2) is 0 Å². The van der Waals surface area contributed by atoms with Crippen molar-refractivity contribution < 1.29 is 14.6 Å². The first-order chi connectivity index (χ1) is 11.0. The van der Waals surface area contributed by atoms with Gasteiger partial charge in [0, 0.05) is 25.7 Å². The Morgan fingerprint density at radius 1 is 1.35 bits per heavy atom. The SMILES string of the molecule is CNC(=O)COc1ccccc1CNCC(C)(O)c1ccsc1. The van der Waals surface area contributed by atoms with Crippen molar-refractivity contribution in [2.75, 3.05) is 20.2 Å². The number of amides is 1. The molecule has 0 fully saturated rings. The zero-order chi connectivity index (χ0) is 16.7. The lowest BCUT2D eigenvalue weighted by Crippen LogP contribution is -2.34. The van der Waals surface area contributed by atoms with Crippen LogP contribution in [0.25, 0.3) is 0 Å². The minimum Gasteiger partial charge on any atom is -0.483 e. The summed E-state index contributed by atoms with van der Waals surface area (Å²) in [5.41, 5.74) is 0.925. The predicted octanol–water partition coefficient (Wildman–Crippen LogP) is 1.87. The molecule has 1 unspecified atom stereocenters. The van der Waals surface area contributed by atoms with Crippen molar-refractivity contribution in [2.45, 2.75) is 19.1 Å². The molecular formula is C17H22N2O3S. The van der Waals surface area contributed by atoms with E-state index in [1.165, 1.54) is 0 Å². The molecule has 1 heterocycles. The minimum atomic E-state index is -0.919. The molecule has 3 N–H and O–H groups in total. The minimum absolute atomic E-state index is 0.0138. The van der Waals surface area contributed by atoms with Gasteiger partial charge >= 0.3 is 0 Å². The number of likely N-dealkylation sites (N-methyl/N-ethyl adjacent to an activating group) is 1. The number of aliphatic hydroxyl groups is 1. The van der Waals surface area contributed by atoms with Gasteiger partial charge in [-0.15, -0.1) is 0 Å². The van der Waals surface area contributed by atoms with E-state index in [0.29, 0.717) is 18.8 Å². The number of ether oxygens (including phenoxy) is 1. The van der Waals surface area contributed by atoms with Crippen LogP contribution in [0.2, 0.25) is 0 Å². The van der Waals surface area contributed by atoms with E-state index in [0.717, 1.165) is 11.1 Å². The third-order valence-corrected chi connectivity index (χ3v) is 4.22. The maximum Gasteiger partial charge on any atom is 0.257 e. The number of para-hydroxylation sites is 1. The van der Waals surface area contributed by atoms with Gasteiger partial charge in [0.25, 0.3) is 5.91 Å². The van der Waals surface area contributed by atoms with Crippen LogP contribution in [-0.4, -0.2) is 31.2 Å². The standard InChI is InChI=1S/C17H22N2O3S/c1-17(21,14-7-8-23-11-14)12-19-9-13-5-3-4-6-15(13)22-10-16(20)18-2/h3-8,11,19,21H,9-10,12H2,1-2H3,(H,18,20). The van der Waals surface area contributed by atoms with E-state index in [9.17, 15) is 9.90 Å². The molecule has 0 aliphatic rings. The van der Waals surface area contributed by atoms with Crippen molar-refractivity contribution in [3.8, 4) is 5.75 Å². The summed E-state index contributed by atoms with van der Waals surface area (Å²) >= 11 is 1.56. The molecule has 1 atom stereocenters. The number of nitrogens with one attached hydrogen (secondary N) is 2. The first kappa shape index (κ1) is 17.5. The van der Waals surface area contributed by atoms with Crippen LogP contribution in [0.5, 0.6) is 5.75 Å². The second-order valence-electron chi connectivity index (χ2n) is 5.46. The van der Waals surface area contributed by atoms with Crippen LogP contribution in [-0.2, 0) is 16.9 Å². The lowest BCUT2D eigenvalue weighted by atomic mass is 9.99. The Kier molecular flexibility index (Phi) is 6.15. The van der Waals surface area contributed by atoms with E-state index in [1.807, 2.05) is 41.1 Å². The van der Waals surface area contributed by atoms with Crippen molar-refractivity contribution >= 4 is 17.2 Å². The van der Waals surface area contributed by atoms with Gasteiger partial charge in [-0.1, -0.05) is 18.2 Å². The topological polar surface area (TPSA) is 70.6 Å². The summed E-state index contributed by atoms with van der Waals surface area (Å²) in [6.45, 7) is 2.74. The van der Waals surface area contributed by atoms with Crippen LogP contribution in [0.3, 0.4) is 0 Å². The Morgan fingerprint density at radius 3 is 2.83 bits per heavy atom. The zero-order valence-electron chi connectivity index (χ0n) is 13.3. The van der Waals surface area contributed by atoms with Crippen LogP contribution in [0, 0.1) is 0 Å². The number of hydrogen-bond acceptors (Lipinski definition) is 5. The van der Waals surface area contributed by atoms with Crippen LogP contribution in [0.15, 0.2) is 41.1 Å². The summed E-state index contributed by atoms with van der Waals surface area (Å²) in [5.74, 6) is 0.493. The van der Waals surface area contributed by atoms with Gasteiger partial charge < -0.3 is 20.5 Å². The van der Waals surface area contributed by atoms with Crippen molar-refractivity contribution in [1.29, 1.82) is 0 Å². The normalized spacial score (nSPS) is 13.3. The summed E-state index contributed by atoms with van der Waals surface area (Å²) in [6.07, 6.45) is 0. The van der Waals surface area contributed by atoms with Gasteiger partial charge in [0.15, 0.2) is 6.61 Å². The third kappa shape index (κ3) is 5.06. The number of carbonyl (C=O) groups excluding carboxylic acids is 1. The van der Waals surface area contributed by atoms with Gasteiger partial charge in [-0.3, -0.25) is 4.79 Å². The van der Waals surface area contributed by atoms with E-state index >= 15 is 0 Å². The molecule has 0 aliphatic heterocycles. The highest BCUT2D eigenvalue weighted by atomic mass is 32.1. The van der Waals surface area contributed by atoms with E-state index in [4.69, 9.17) is 4.74 Å². The Hall–Kier alpha value is -1.89. The molecule has 1 aromatic heterocycles. The van der Waals surface area contributed by atoms with Crippen LogP contribution in [0.4, 0.5) is 0 Å². The maximum atomic E-state index is 11.3. The second-order valence-corrected chi connectivity index (χ2v) is 6.24. The molecule has 2 rings (SSSR count). The maximum absolute atomic E-state index is 11.3. The van der Waals surface area contributed by atoms with Gasteiger partial charge in [-0.05, 0) is 35.4 Å². The van der Waals surface area contributed by atoms with Crippen molar-refractivity contribution in [3.63, 3.8) is 0 Å². The van der Waals surface area contributed by atoms with E-state index < -0.39 is 5.60 Å². The van der Waals surface area contributed by atoms with Gasteiger partial charge in [-0.2, -0.15) is 11.3 Å². The molecular weight excluding hydrogens is 312 g/mol. The van der Waals surface area contributed by atoms with Crippen LogP contribution >= 0.6 is 11.3 Å². The van der Waals surface area contributed by atoms with E-state index in [1.54, 1.807) is 25.3 Å². The first-order valence-electron chi connectivity index (χ1n) is 7.40. The van der Waals surface area contributed by atoms with Crippen molar-refractivity contribution in [3.05, 3.63) is 52.2 Å². The number of thiophene rings is 1. The van der Waals surface area contributed by atoms with Crippen LogP contribution < -0.4 is 15.4 Å². The third-order valence-electron chi connectivity index (χ3n) is 3.54. The molecule has 0 bridgehead atoms. The fourth-order valence-electron chi connectivity index (χ4n) is 2.12. The van der Waals surface area contributed by atoms with Crippen molar-refractivity contribution in [1.82, 2.24) is 10.6 Å². The Morgan fingerprint density at radius 2 is 2.13 bits per heavy atom. The summed E-state index contributed by atoms with van der Waals surface area (Å²) in [5, 5.41) is 20.2. The highest BCUT2D eigenvalue weighted by molar-refractivity contribution is 7.08. The van der Waals surface area contributed by atoms with E-state index in [2.05, 4.69) is 10.6 Å². The number of carbonyl (C=O) groups is 1. The molecule has 0 aliphatic carbocycles. The zero-order valence-corrected chi connectivity index (χ0v) is 14.2. The predicted molar refractivity (Wildman–Crippen MR) is 91.6 cm³/mol. The molecule has 1 aromatic carbocycles. The van der Waals surface area contributed by atoms with Crippen molar-refractivity contribution in [2.24, 2.45) is 0 Å². The highest BCUT2D eigenvalue weighted by Crippen LogP contribution is 2.23. The Balaban J connectivity index is 1.91. The molecule has 1 amide bonds. The summed E-state index contributed by atoms with van der Waals surface area (Å²) in [6, 6.07) is 9.47. The lowest BCUT2D eigenvalue weighted by Gasteiger charge is -2.23. The van der Waals surface area contributed by atoms with E-state index in [-0.39, 0.29) is 12.5 Å². The smallest absolute Gasteiger partial charge is 0.257 e. The lowest BCUT2D eigenvalue weighted by molar-refractivity contribution is -0.122. The Bertz CT molecular complexity index is 627. The molecule has 5 nitrogen and oxygen atoms in total. The quantitative estimate of drug-likeness (QED) is 0.689. The molecule has 23 heavy (non-hydrogen) atoms. The molecule has 0 radical (unpaired) electrons. The number of benzene rings is 1. The Labute approximate surface area is 140 Å². The van der Waals surface area contributed by atoms with Gasteiger partial charge in [0.1, 0.15) is 5.75 Å². The first-order valence-corrected chi connectivity index (χ1v) is 8.34. The number of hydrogen-bond donors (Lipinski definition) is 3. The fraction of sp³-hybridized carbons (Fsp3) is 0.353. The largest absolute Gasteiger partial charge is 0.483 e. The molecule has 0 saturated heterocycles. The second kappa shape index (κ2) is 8.10. The average Bonchev–Trinajstić information content (AvgIpc) is 3.09. The summed E-state index contributed by atoms with van der Waals surface area (Å²) < 4.78 is 5.53. The average molecular weight is 334 g/mol. The molecule has 2 aromatic rings. The van der Waals surface area contributed by atoms with Crippen LogP contribution in [0.1, 0.15) is 18.1 Å². The monoisotopic (exact) mass is 334 g/mol. The molecule has 124 valence electrons. The van der Waals surface area contributed by atoms with Gasteiger partial charge in [0.05, 0.1) is 5.60 Å². The fourth-order valence-corrected chi connectivity index (χ4v) is 2.90. The highest BCUT2D eigenvalue weighted by Gasteiger charge is 2.22. The summed E-state index contributed by atoms with van der Waals surface area (Å²) in [4.78, 5) is 11.3. The number of rotatable bonds is 8. The summed E-state index contributed by atoms with van der Waals surface area (Å²) in [7, 11) is 1.58.